The Hall–Kier alpha value is -2.36. The van der Waals surface area contributed by atoms with Gasteiger partial charge in [-0.1, -0.05) is 36.4 Å². The lowest BCUT2D eigenvalue weighted by Gasteiger charge is -2.09. The van der Waals surface area contributed by atoms with Gasteiger partial charge in [-0.05, 0) is 30.2 Å². The van der Waals surface area contributed by atoms with Gasteiger partial charge in [0.15, 0.2) is 0 Å². The first-order valence-electron chi connectivity index (χ1n) is 6.00. The standard InChI is InChI=1S/C15H15FN2O/c1-11-7-8-13(16)14(9-11)18-15(19)17-10-12-5-3-2-4-6-12/h2-9H,10H2,1H3,(H2,17,18,19). The first-order chi connectivity index (χ1) is 9.15. The molecule has 0 aliphatic carbocycles. The highest BCUT2D eigenvalue weighted by atomic mass is 19.1. The Kier molecular flexibility index (Phi) is 4.13. The third-order valence-corrected chi connectivity index (χ3v) is 2.67. The van der Waals surface area contributed by atoms with Crippen molar-refractivity contribution >= 4 is 11.7 Å². The monoisotopic (exact) mass is 258 g/mol. The van der Waals surface area contributed by atoms with Crippen molar-refractivity contribution in [2.75, 3.05) is 5.32 Å². The van der Waals surface area contributed by atoms with E-state index in [1.54, 1.807) is 12.1 Å². The Bertz CT molecular complexity index is 570. The first-order valence-corrected chi connectivity index (χ1v) is 6.00. The van der Waals surface area contributed by atoms with Gasteiger partial charge in [-0.25, -0.2) is 9.18 Å². The SMILES string of the molecule is Cc1ccc(F)c(NC(=O)NCc2ccccc2)c1. The number of nitrogens with one attached hydrogen (secondary N) is 2. The largest absolute Gasteiger partial charge is 0.334 e. The minimum atomic E-state index is -0.444. The van der Waals surface area contributed by atoms with Crippen LogP contribution in [-0.4, -0.2) is 6.03 Å². The maximum atomic E-state index is 13.5. The zero-order valence-electron chi connectivity index (χ0n) is 10.6. The van der Waals surface area contributed by atoms with Crippen molar-refractivity contribution in [3.05, 3.63) is 65.5 Å². The summed E-state index contributed by atoms with van der Waals surface area (Å²) in [5.74, 6) is -0.444. The second-order valence-electron chi connectivity index (χ2n) is 4.28. The van der Waals surface area contributed by atoms with Crippen molar-refractivity contribution in [1.29, 1.82) is 0 Å². The molecule has 0 bridgehead atoms. The molecular weight excluding hydrogens is 243 g/mol. The predicted molar refractivity (Wildman–Crippen MR) is 73.4 cm³/mol. The van der Waals surface area contributed by atoms with Crippen LogP contribution >= 0.6 is 0 Å². The molecule has 0 aromatic heterocycles. The molecule has 0 radical (unpaired) electrons. The van der Waals surface area contributed by atoms with Gasteiger partial charge in [0, 0.05) is 6.54 Å². The number of carbonyl (C=O) groups is 1. The molecule has 0 saturated carbocycles. The van der Waals surface area contributed by atoms with Gasteiger partial charge in [0.05, 0.1) is 5.69 Å². The van der Waals surface area contributed by atoms with Crippen LogP contribution in [-0.2, 0) is 6.54 Å². The molecule has 0 unspecified atom stereocenters. The average Bonchev–Trinajstić information content (AvgIpc) is 2.42. The topological polar surface area (TPSA) is 41.1 Å². The molecule has 2 aromatic carbocycles. The summed E-state index contributed by atoms with van der Waals surface area (Å²) in [7, 11) is 0. The molecule has 2 amide bonds. The molecule has 2 N–H and O–H groups in total. The minimum Gasteiger partial charge on any atom is -0.334 e. The van der Waals surface area contributed by atoms with Crippen LogP contribution < -0.4 is 10.6 Å². The van der Waals surface area contributed by atoms with Crippen molar-refractivity contribution in [2.45, 2.75) is 13.5 Å². The predicted octanol–water partition coefficient (Wildman–Crippen LogP) is 3.46. The van der Waals surface area contributed by atoms with Crippen molar-refractivity contribution in [2.24, 2.45) is 0 Å². The van der Waals surface area contributed by atoms with Crippen LogP contribution in [0.4, 0.5) is 14.9 Å². The molecule has 0 aliphatic rings. The Morgan fingerprint density at radius 2 is 1.89 bits per heavy atom. The van der Waals surface area contributed by atoms with Crippen molar-refractivity contribution in [1.82, 2.24) is 5.32 Å². The molecule has 0 saturated heterocycles. The highest BCUT2D eigenvalue weighted by Gasteiger charge is 2.06. The van der Waals surface area contributed by atoms with Crippen molar-refractivity contribution in [3.8, 4) is 0 Å². The van der Waals surface area contributed by atoms with Crippen molar-refractivity contribution < 1.29 is 9.18 Å². The van der Waals surface area contributed by atoms with E-state index in [1.165, 1.54) is 6.07 Å². The summed E-state index contributed by atoms with van der Waals surface area (Å²) < 4.78 is 13.5. The molecule has 19 heavy (non-hydrogen) atoms. The van der Waals surface area contributed by atoms with Gasteiger partial charge in [0.25, 0.3) is 0 Å². The summed E-state index contributed by atoms with van der Waals surface area (Å²) in [6.45, 7) is 2.24. The van der Waals surface area contributed by atoms with E-state index >= 15 is 0 Å². The van der Waals surface area contributed by atoms with E-state index in [2.05, 4.69) is 10.6 Å². The molecule has 0 fully saturated rings. The van der Waals surface area contributed by atoms with Crippen LogP contribution in [0.3, 0.4) is 0 Å². The van der Waals surface area contributed by atoms with Gasteiger partial charge in [-0.2, -0.15) is 0 Å². The summed E-state index contributed by atoms with van der Waals surface area (Å²) in [4.78, 5) is 11.7. The average molecular weight is 258 g/mol. The molecule has 3 nitrogen and oxygen atoms in total. The van der Waals surface area contributed by atoms with E-state index in [-0.39, 0.29) is 5.69 Å². The Morgan fingerprint density at radius 3 is 2.63 bits per heavy atom. The van der Waals surface area contributed by atoms with Crippen LogP contribution in [0.15, 0.2) is 48.5 Å². The van der Waals surface area contributed by atoms with Gasteiger partial charge >= 0.3 is 6.03 Å². The van der Waals surface area contributed by atoms with Crippen LogP contribution in [0, 0.1) is 12.7 Å². The second-order valence-corrected chi connectivity index (χ2v) is 4.28. The van der Waals surface area contributed by atoms with E-state index in [1.807, 2.05) is 37.3 Å². The van der Waals surface area contributed by atoms with E-state index in [0.29, 0.717) is 6.54 Å². The zero-order chi connectivity index (χ0) is 13.7. The maximum Gasteiger partial charge on any atom is 0.319 e. The number of hydrogen-bond donors (Lipinski definition) is 2. The zero-order valence-corrected chi connectivity index (χ0v) is 10.6. The minimum absolute atomic E-state index is 0.186. The second kappa shape index (κ2) is 6.00. The fourth-order valence-corrected chi connectivity index (χ4v) is 1.68. The van der Waals surface area contributed by atoms with Crippen LogP contribution in [0.2, 0.25) is 0 Å². The molecule has 2 rings (SSSR count). The fraction of sp³-hybridized carbons (Fsp3) is 0.133. The van der Waals surface area contributed by atoms with Gasteiger partial charge in [0.2, 0.25) is 0 Å². The number of amides is 2. The summed E-state index contributed by atoms with van der Waals surface area (Å²) in [5, 5.41) is 5.17. The number of anilines is 1. The molecule has 98 valence electrons. The summed E-state index contributed by atoms with van der Waals surface area (Å²) in [5.41, 5.74) is 2.06. The highest BCUT2D eigenvalue weighted by molar-refractivity contribution is 5.89. The van der Waals surface area contributed by atoms with Crippen LogP contribution in [0.5, 0.6) is 0 Å². The number of urea groups is 1. The molecular formula is C15H15FN2O. The molecule has 2 aromatic rings. The number of hydrogen-bond acceptors (Lipinski definition) is 1. The molecule has 0 aliphatic heterocycles. The summed E-state index contributed by atoms with van der Waals surface area (Å²) >= 11 is 0. The molecule has 0 spiro atoms. The van der Waals surface area contributed by atoms with E-state index < -0.39 is 11.8 Å². The number of rotatable bonds is 3. The quantitative estimate of drug-likeness (QED) is 0.869. The summed E-state index contributed by atoms with van der Waals surface area (Å²) in [6.07, 6.45) is 0. The number of aryl methyl sites for hydroxylation is 1. The summed E-state index contributed by atoms with van der Waals surface area (Å²) in [6, 6.07) is 13.7. The number of halogens is 1. The van der Waals surface area contributed by atoms with E-state index in [9.17, 15) is 9.18 Å². The number of carbonyl (C=O) groups excluding carboxylic acids is 1. The Labute approximate surface area is 111 Å². The van der Waals surface area contributed by atoms with E-state index in [4.69, 9.17) is 0 Å². The lowest BCUT2D eigenvalue weighted by Crippen LogP contribution is -2.28. The van der Waals surface area contributed by atoms with Crippen LogP contribution in [0.1, 0.15) is 11.1 Å². The lowest BCUT2D eigenvalue weighted by atomic mass is 10.2. The van der Waals surface area contributed by atoms with E-state index in [0.717, 1.165) is 11.1 Å². The van der Waals surface area contributed by atoms with Gasteiger partial charge < -0.3 is 10.6 Å². The molecule has 4 heteroatoms. The Balaban J connectivity index is 1.93. The molecule has 0 heterocycles. The lowest BCUT2D eigenvalue weighted by molar-refractivity contribution is 0.251. The van der Waals surface area contributed by atoms with Crippen molar-refractivity contribution in [3.63, 3.8) is 0 Å². The third kappa shape index (κ3) is 3.81. The third-order valence-electron chi connectivity index (χ3n) is 2.67. The number of benzene rings is 2. The van der Waals surface area contributed by atoms with Crippen LogP contribution in [0.25, 0.3) is 0 Å². The smallest absolute Gasteiger partial charge is 0.319 e. The normalized spacial score (nSPS) is 10.0. The highest BCUT2D eigenvalue weighted by Crippen LogP contribution is 2.15. The van der Waals surface area contributed by atoms with Gasteiger partial charge in [-0.3, -0.25) is 0 Å². The first kappa shape index (κ1) is 13.1. The van der Waals surface area contributed by atoms with Gasteiger partial charge in [-0.15, -0.1) is 0 Å². The maximum absolute atomic E-state index is 13.5. The molecule has 0 atom stereocenters. The van der Waals surface area contributed by atoms with Gasteiger partial charge in [0.1, 0.15) is 5.82 Å². The Morgan fingerprint density at radius 1 is 1.16 bits per heavy atom. The fourth-order valence-electron chi connectivity index (χ4n) is 1.68.